The lowest BCUT2D eigenvalue weighted by atomic mass is 10.1. The molecule has 28 heavy (non-hydrogen) atoms. The average molecular weight is 417 g/mol. The summed E-state index contributed by atoms with van der Waals surface area (Å²) in [5, 5.41) is 5.18. The molecule has 0 spiro atoms. The minimum Gasteiger partial charge on any atom is -0.490 e. The maximum atomic E-state index is 12.8. The van der Waals surface area contributed by atoms with Crippen LogP contribution in [0.3, 0.4) is 0 Å². The fourth-order valence-electron chi connectivity index (χ4n) is 2.58. The molecule has 0 saturated carbocycles. The third kappa shape index (κ3) is 5.47. The fourth-order valence-corrected chi connectivity index (χ4v) is 3.41. The van der Waals surface area contributed by atoms with E-state index in [4.69, 9.17) is 21.1 Å². The summed E-state index contributed by atoms with van der Waals surface area (Å²) in [6.07, 6.45) is -0.0695. The van der Waals surface area contributed by atoms with Gasteiger partial charge in [0.25, 0.3) is 5.91 Å². The number of anilines is 1. The van der Waals surface area contributed by atoms with Crippen LogP contribution in [-0.4, -0.2) is 17.0 Å². The molecule has 0 aliphatic carbocycles. The number of amides is 1. The highest BCUT2D eigenvalue weighted by Gasteiger charge is 2.17. The molecule has 0 fully saturated rings. The standard InChI is InChI=1S/C21H21ClN2O3S/c1-13(2)27-18-8-7-16(26-11-15-6-4-5-14(3)9-15)10-17(18)20(25)24-21-23-19(22)12-28-21/h4-10,12-13H,11H2,1-3H3,(H,23,24,25). The number of carbonyl (C=O) groups excluding carboxylic acids is 1. The number of halogens is 1. The second kappa shape index (κ2) is 9.08. The number of ether oxygens (including phenoxy) is 2. The van der Waals surface area contributed by atoms with Crippen molar-refractivity contribution >= 4 is 34.0 Å². The number of carbonyl (C=O) groups is 1. The lowest BCUT2D eigenvalue weighted by molar-refractivity contribution is 0.102. The molecule has 0 unspecified atom stereocenters. The second-order valence-corrected chi connectivity index (χ2v) is 7.78. The van der Waals surface area contributed by atoms with Gasteiger partial charge in [-0.3, -0.25) is 10.1 Å². The Labute approximate surface area is 173 Å². The van der Waals surface area contributed by atoms with Crippen LogP contribution in [0.4, 0.5) is 5.13 Å². The van der Waals surface area contributed by atoms with Gasteiger partial charge in [0.2, 0.25) is 0 Å². The van der Waals surface area contributed by atoms with Crippen molar-refractivity contribution in [1.29, 1.82) is 0 Å². The SMILES string of the molecule is Cc1cccc(COc2ccc(OC(C)C)c(C(=O)Nc3nc(Cl)cs3)c2)c1. The Hall–Kier alpha value is -2.57. The number of hydrogen-bond acceptors (Lipinski definition) is 5. The topological polar surface area (TPSA) is 60.5 Å². The summed E-state index contributed by atoms with van der Waals surface area (Å²) in [5.74, 6) is 0.737. The van der Waals surface area contributed by atoms with Crippen molar-refractivity contribution in [3.63, 3.8) is 0 Å². The number of benzene rings is 2. The highest BCUT2D eigenvalue weighted by Crippen LogP contribution is 2.28. The van der Waals surface area contributed by atoms with Gasteiger partial charge in [0, 0.05) is 5.38 Å². The number of aryl methyl sites for hydroxylation is 1. The minimum absolute atomic E-state index is 0.0695. The van der Waals surface area contributed by atoms with E-state index in [2.05, 4.69) is 16.4 Å². The summed E-state index contributed by atoms with van der Waals surface area (Å²) in [6, 6.07) is 13.3. The first-order valence-electron chi connectivity index (χ1n) is 8.82. The normalized spacial score (nSPS) is 10.8. The van der Waals surface area contributed by atoms with Crippen LogP contribution in [0, 0.1) is 6.92 Å². The zero-order valence-corrected chi connectivity index (χ0v) is 17.4. The third-order valence-corrected chi connectivity index (χ3v) is 4.82. The summed E-state index contributed by atoms with van der Waals surface area (Å²) in [6.45, 7) is 6.26. The van der Waals surface area contributed by atoms with Gasteiger partial charge < -0.3 is 9.47 Å². The van der Waals surface area contributed by atoms with E-state index in [1.807, 2.05) is 39.0 Å². The monoisotopic (exact) mass is 416 g/mol. The molecule has 0 aliphatic rings. The highest BCUT2D eigenvalue weighted by molar-refractivity contribution is 7.14. The maximum Gasteiger partial charge on any atom is 0.261 e. The fraction of sp³-hybridized carbons (Fsp3) is 0.238. The molecule has 1 amide bonds. The maximum absolute atomic E-state index is 12.8. The summed E-state index contributed by atoms with van der Waals surface area (Å²) in [5.41, 5.74) is 2.61. The van der Waals surface area contributed by atoms with Crippen LogP contribution in [0.15, 0.2) is 47.8 Å². The third-order valence-electron chi connectivity index (χ3n) is 3.74. The molecule has 1 heterocycles. The summed E-state index contributed by atoms with van der Waals surface area (Å²) in [7, 11) is 0. The molecule has 0 atom stereocenters. The first-order chi connectivity index (χ1) is 13.4. The van der Waals surface area contributed by atoms with E-state index in [1.54, 1.807) is 23.6 Å². The quantitative estimate of drug-likeness (QED) is 0.534. The summed E-state index contributed by atoms with van der Waals surface area (Å²) in [4.78, 5) is 16.8. The Morgan fingerprint density at radius 2 is 2.07 bits per heavy atom. The van der Waals surface area contributed by atoms with Gasteiger partial charge in [0.05, 0.1) is 11.7 Å². The van der Waals surface area contributed by atoms with E-state index in [0.717, 1.165) is 5.56 Å². The number of nitrogens with zero attached hydrogens (tertiary/aromatic N) is 1. The van der Waals surface area contributed by atoms with Crippen LogP contribution >= 0.6 is 22.9 Å². The molecule has 7 heteroatoms. The number of rotatable bonds is 7. The van der Waals surface area contributed by atoms with Crippen molar-refractivity contribution < 1.29 is 14.3 Å². The van der Waals surface area contributed by atoms with E-state index < -0.39 is 0 Å². The van der Waals surface area contributed by atoms with Crippen LogP contribution in [0.25, 0.3) is 0 Å². The second-order valence-electron chi connectivity index (χ2n) is 6.53. The Morgan fingerprint density at radius 3 is 2.75 bits per heavy atom. The predicted molar refractivity (Wildman–Crippen MR) is 113 cm³/mol. The van der Waals surface area contributed by atoms with Gasteiger partial charge in [-0.2, -0.15) is 0 Å². The Kier molecular flexibility index (Phi) is 6.54. The molecular weight excluding hydrogens is 396 g/mol. The van der Waals surface area contributed by atoms with Crippen molar-refractivity contribution in [2.45, 2.75) is 33.5 Å². The first kappa shape index (κ1) is 20.2. The summed E-state index contributed by atoms with van der Waals surface area (Å²) < 4.78 is 11.7. The van der Waals surface area contributed by atoms with Gasteiger partial charge in [0.15, 0.2) is 5.13 Å². The van der Waals surface area contributed by atoms with E-state index in [1.165, 1.54) is 16.9 Å². The molecule has 1 aromatic heterocycles. The number of thiazole rings is 1. The van der Waals surface area contributed by atoms with Crippen molar-refractivity contribution in [3.8, 4) is 11.5 Å². The molecule has 0 radical (unpaired) electrons. The van der Waals surface area contributed by atoms with Crippen LogP contribution in [0.1, 0.15) is 35.3 Å². The van der Waals surface area contributed by atoms with E-state index in [0.29, 0.717) is 34.0 Å². The molecule has 0 bridgehead atoms. The number of hydrogen-bond donors (Lipinski definition) is 1. The van der Waals surface area contributed by atoms with Crippen LogP contribution < -0.4 is 14.8 Å². The molecule has 1 N–H and O–H groups in total. The molecule has 5 nitrogen and oxygen atoms in total. The van der Waals surface area contributed by atoms with E-state index in [9.17, 15) is 4.79 Å². The number of aromatic nitrogens is 1. The van der Waals surface area contributed by atoms with Crippen LogP contribution in [0.2, 0.25) is 5.15 Å². The molecule has 3 rings (SSSR count). The highest BCUT2D eigenvalue weighted by atomic mass is 35.5. The molecular formula is C21H21ClN2O3S. The van der Waals surface area contributed by atoms with Crippen molar-refractivity contribution in [2.24, 2.45) is 0 Å². The lowest BCUT2D eigenvalue weighted by Gasteiger charge is -2.15. The van der Waals surface area contributed by atoms with Gasteiger partial charge >= 0.3 is 0 Å². The predicted octanol–water partition coefficient (Wildman–Crippen LogP) is 5.72. The van der Waals surface area contributed by atoms with Gasteiger partial charge in [-0.05, 0) is 44.5 Å². The van der Waals surface area contributed by atoms with Crippen LogP contribution in [0.5, 0.6) is 11.5 Å². The average Bonchev–Trinajstić information content (AvgIpc) is 3.05. The molecule has 2 aromatic carbocycles. The van der Waals surface area contributed by atoms with Crippen molar-refractivity contribution in [2.75, 3.05) is 5.32 Å². The Bertz CT molecular complexity index is 972. The minimum atomic E-state index is -0.331. The molecule has 0 saturated heterocycles. The molecule has 3 aromatic rings. The van der Waals surface area contributed by atoms with Gasteiger partial charge in [0.1, 0.15) is 23.3 Å². The largest absolute Gasteiger partial charge is 0.490 e. The van der Waals surface area contributed by atoms with Gasteiger partial charge in [-0.15, -0.1) is 11.3 Å². The Balaban J connectivity index is 1.80. The zero-order valence-electron chi connectivity index (χ0n) is 15.9. The first-order valence-corrected chi connectivity index (χ1v) is 10.1. The molecule has 0 aliphatic heterocycles. The van der Waals surface area contributed by atoms with Crippen molar-refractivity contribution in [3.05, 3.63) is 69.7 Å². The lowest BCUT2D eigenvalue weighted by Crippen LogP contribution is -2.16. The van der Waals surface area contributed by atoms with E-state index >= 15 is 0 Å². The van der Waals surface area contributed by atoms with Crippen LogP contribution in [-0.2, 0) is 6.61 Å². The Morgan fingerprint density at radius 1 is 1.25 bits per heavy atom. The zero-order chi connectivity index (χ0) is 20.1. The van der Waals surface area contributed by atoms with Gasteiger partial charge in [-0.25, -0.2) is 4.98 Å². The van der Waals surface area contributed by atoms with Crippen molar-refractivity contribution in [1.82, 2.24) is 4.98 Å². The molecule has 146 valence electrons. The summed E-state index contributed by atoms with van der Waals surface area (Å²) >= 11 is 7.09. The van der Waals surface area contributed by atoms with E-state index in [-0.39, 0.29) is 12.0 Å². The van der Waals surface area contributed by atoms with Gasteiger partial charge in [-0.1, -0.05) is 41.4 Å². The smallest absolute Gasteiger partial charge is 0.261 e. The number of nitrogens with one attached hydrogen (secondary N) is 1.